The van der Waals surface area contributed by atoms with Gasteiger partial charge in [-0.25, -0.2) is 4.98 Å². The summed E-state index contributed by atoms with van der Waals surface area (Å²) >= 11 is 5.24. The number of aromatic nitrogens is 1. The summed E-state index contributed by atoms with van der Waals surface area (Å²) in [6, 6.07) is 6.24. The van der Waals surface area contributed by atoms with Gasteiger partial charge in [-0.15, -0.1) is 0 Å². The first kappa shape index (κ1) is 13.3. The first-order valence-electron chi connectivity index (χ1n) is 6.77. The van der Waals surface area contributed by atoms with Crippen LogP contribution >= 0.6 is 27.3 Å². The molecule has 2 heterocycles. The van der Waals surface area contributed by atoms with Crippen LogP contribution in [0, 0.1) is 5.92 Å². The summed E-state index contributed by atoms with van der Waals surface area (Å²) in [4.78, 5) is 7.14. The SMILES string of the molecule is CCN1CCC(CNc2nc3ccc(Br)cc3s2)C1. The Morgan fingerprint density at radius 2 is 2.42 bits per heavy atom. The van der Waals surface area contributed by atoms with E-state index in [9.17, 15) is 0 Å². The molecule has 19 heavy (non-hydrogen) atoms. The topological polar surface area (TPSA) is 28.2 Å². The van der Waals surface area contributed by atoms with Crippen molar-refractivity contribution in [2.24, 2.45) is 5.92 Å². The summed E-state index contributed by atoms with van der Waals surface area (Å²) in [7, 11) is 0. The van der Waals surface area contributed by atoms with Crippen LogP contribution in [0.3, 0.4) is 0 Å². The number of nitrogens with one attached hydrogen (secondary N) is 1. The first-order valence-corrected chi connectivity index (χ1v) is 8.38. The second-order valence-electron chi connectivity index (χ2n) is 5.06. The Kier molecular flexibility index (Phi) is 4.05. The molecule has 1 atom stereocenters. The number of thiazole rings is 1. The Bertz CT molecular complexity index is 569. The molecule has 1 unspecified atom stereocenters. The molecular weight excluding hydrogens is 322 g/mol. The van der Waals surface area contributed by atoms with Gasteiger partial charge < -0.3 is 10.2 Å². The van der Waals surface area contributed by atoms with E-state index < -0.39 is 0 Å². The van der Waals surface area contributed by atoms with Gasteiger partial charge in [0.2, 0.25) is 0 Å². The maximum absolute atomic E-state index is 4.63. The molecule has 1 N–H and O–H groups in total. The second kappa shape index (κ2) is 5.77. The normalized spacial score (nSPS) is 20.2. The number of benzene rings is 1. The highest BCUT2D eigenvalue weighted by Crippen LogP contribution is 2.29. The quantitative estimate of drug-likeness (QED) is 0.917. The molecule has 5 heteroatoms. The maximum atomic E-state index is 4.63. The number of rotatable bonds is 4. The third kappa shape index (κ3) is 3.09. The van der Waals surface area contributed by atoms with Crippen molar-refractivity contribution < 1.29 is 0 Å². The molecule has 3 nitrogen and oxygen atoms in total. The summed E-state index contributed by atoms with van der Waals surface area (Å²) in [5, 5.41) is 4.55. The van der Waals surface area contributed by atoms with Crippen LogP contribution in [-0.4, -0.2) is 36.1 Å². The highest BCUT2D eigenvalue weighted by molar-refractivity contribution is 9.10. The van der Waals surface area contributed by atoms with Crippen molar-refractivity contribution in [2.45, 2.75) is 13.3 Å². The van der Waals surface area contributed by atoms with E-state index >= 15 is 0 Å². The van der Waals surface area contributed by atoms with Crippen molar-refractivity contribution >= 4 is 42.6 Å². The molecule has 1 aromatic carbocycles. The Hall–Kier alpha value is -0.650. The monoisotopic (exact) mass is 339 g/mol. The Labute approximate surface area is 126 Å². The van der Waals surface area contributed by atoms with Gasteiger partial charge in [0, 0.05) is 17.6 Å². The fraction of sp³-hybridized carbons (Fsp3) is 0.500. The number of halogens is 1. The van der Waals surface area contributed by atoms with E-state index in [0.717, 1.165) is 27.6 Å². The Morgan fingerprint density at radius 1 is 1.53 bits per heavy atom. The molecule has 1 aliphatic heterocycles. The third-order valence-corrected chi connectivity index (χ3v) is 5.18. The van der Waals surface area contributed by atoms with Crippen molar-refractivity contribution in [1.82, 2.24) is 9.88 Å². The number of nitrogens with zero attached hydrogens (tertiary/aromatic N) is 2. The minimum absolute atomic E-state index is 0.763. The maximum Gasteiger partial charge on any atom is 0.183 e. The molecule has 0 amide bonds. The molecular formula is C14H18BrN3S. The lowest BCUT2D eigenvalue weighted by molar-refractivity contribution is 0.345. The van der Waals surface area contributed by atoms with E-state index in [1.165, 1.54) is 30.8 Å². The highest BCUT2D eigenvalue weighted by Gasteiger charge is 2.20. The average Bonchev–Trinajstić information content (AvgIpc) is 3.01. The van der Waals surface area contributed by atoms with Crippen molar-refractivity contribution in [3.8, 4) is 0 Å². The molecule has 3 rings (SSSR count). The van der Waals surface area contributed by atoms with Crippen LogP contribution in [0.1, 0.15) is 13.3 Å². The van der Waals surface area contributed by atoms with Gasteiger partial charge in [-0.3, -0.25) is 0 Å². The van der Waals surface area contributed by atoms with Crippen molar-refractivity contribution in [1.29, 1.82) is 0 Å². The molecule has 2 aromatic rings. The predicted molar refractivity (Wildman–Crippen MR) is 86.0 cm³/mol. The molecule has 102 valence electrons. The second-order valence-corrected chi connectivity index (χ2v) is 7.01. The van der Waals surface area contributed by atoms with Crippen LogP contribution in [0.4, 0.5) is 5.13 Å². The Balaban J connectivity index is 1.62. The molecule has 1 saturated heterocycles. The molecule has 0 radical (unpaired) electrons. The van der Waals surface area contributed by atoms with Crippen LogP contribution in [-0.2, 0) is 0 Å². The molecule has 1 aliphatic rings. The number of hydrogen-bond acceptors (Lipinski definition) is 4. The van der Waals surface area contributed by atoms with E-state index in [-0.39, 0.29) is 0 Å². The lowest BCUT2D eigenvalue weighted by Gasteiger charge is -2.13. The van der Waals surface area contributed by atoms with Gasteiger partial charge >= 0.3 is 0 Å². The Morgan fingerprint density at radius 3 is 3.21 bits per heavy atom. The van der Waals surface area contributed by atoms with E-state index in [1.807, 2.05) is 6.07 Å². The molecule has 1 aromatic heterocycles. The molecule has 0 bridgehead atoms. The van der Waals surface area contributed by atoms with Gasteiger partial charge in [-0.2, -0.15) is 0 Å². The van der Waals surface area contributed by atoms with Gasteiger partial charge in [0.15, 0.2) is 5.13 Å². The van der Waals surface area contributed by atoms with Gasteiger partial charge in [0.25, 0.3) is 0 Å². The van der Waals surface area contributed by atoms with Crippen LogP contribution in [0.2, 0.25) is 0 Å². The van der Waals surface area contributed by atoms with Crippen LogP contribution in [0.5, 0.6) is 0 Å². The third-order valence-electron chi connectivity index (χ3n) is 3.71. The molecule has 0 spiro atoms. The zero-order valence-electron chi connectivity index (χ0n) is 11.0. The van der Waals surface area contributed by atoms with Crippen molar-refractivity contribution in [3.63, 3.8) is 0 Å². The number of likely N-dealkylation sites (tertiary alicyclic amines) is 1. The van der Waals surface area contributed by atoms with Gasteiger partial charge in [-0.05, 0) is 43.6 Å². The number of anilines is 1. The van der Waals surface area contributed by atoms with E-state index in [4.69, 9.17) is 0 Å². The highest BCUT2D eigenvalue weighted by atomic mass is 79.9. The number of fused-ring (bicyclic) bond motifs is 1. The fourth-order valence-corrected chi connectivity index (χ4v) is 4.00. The standard InChI is InChI=1S/C14H18BrN3S/c1-2-18-6-5-10(9-18)8-16-14-17-12-4-3-11(15)7-13(12)19-14/h3-4,7,10H,2,5-6,8-9H2,1H3,(H,16,17). The zero-order chi connectivity index (χ0) is 13.2. The van der Waals surface area contributed by atoms with Crippen LogP contribution in [0.15, 0.2) is 22.7 Å². The summed E-state index contributed by atoms with van der Waals surface area (Å²) < 4.78 is 2.35. The van der Waals surface area contributed by atoms with E-state index in [2.05, 4.69) is 50.2 Å². The predicted octanol–water partition coefficient (Wildman–Crippen LogP) is 3.81. The summed E-state index contributed by atoms with van der Waals surface area (Å²) in [6.45, 7) is 6.92. The van der Waals surface area contributed by atoms with Crippen molar-refractivity contribution in [2.75, 3.05) is 31.5 Å². The first-order chi connectivity index (χ1) is 9.24. The molecule has 0 aliphatic carbocycles. The van der Waals surface area contributed by atoms with Gasteiger partial charge in [-0.1, -0.05) is 34.2 Å². The smallest absolute Gasteiger partial charge is 0.183 e. The fourth-order valence-electron chi connectivity index (χ4n) is 2.57. The largest absolute Gasteiger partial charge is 0.361 e. The van der Waals surface area contributed by atoms with Crippen LogP contribution < -0.4 is 5.32 Å². The van der Waals surface area contributed by atoms with E-state index in [1.54, 1.807) is 11.3 Å². The van der Waals surface area contributed by atoms with E-state index in [0.29, 0.717) is 0 Å². The molecule has 1 fully saturated rings. The summed E-state index contributed by atoms with van der Waals surface area (Å²) in [5.41, 5.74) is 1.08. The average molecular weight is 340 g/mol. The minimum Gasteiger partial charge on any atom is -0.361 e. The number of hydrogen-bond donors (Lipinski definition) is 1. The van der Waals surface area contributed by atoms with Gasteiger partial charge in [0.1, 0.15) is 0 Å². The molecule has 0 saturated carbocycles. The van der Waals surface area contributed by atoms with Gasteiger partial charge in [0.05, 0.1) is 10.2 Å². The lowest BCUT2D eigenvalue weighted by Crippen LogP contribution is -2.22. The minimum atomic E-state index is 0.763. The summed E-state index contributed by atoms with van der Waals surface area (Å²) in [5.74, 6) is 0.763. The van der Waals surface area contributed by atoms with Crippen LogP contribution in [0.25, 0.3) is 10.2 Å². The lowest BCUT2D eigenvalue weighted by atomic mass is 10.1. The summed E-state index contributed by atoms with van der Waals surface area (Å²) in [6.07, 6.45) is 1.30. The zero-order valence-corrected chi connectivity index (χ0v) is 13.4. The van der Waals surface area contributed by atoms with Crippen molar-refractivity contribution in [3.05, 3.63) is 22.7 Å².